The molecule has 3 heteroatoms. The van der Waals surface area contributed by atoms with E-state index in [1.165, 1.54) is 24.8 Å². The summed E-state index contributed by atoms with van der Waals surface area (Å²) in [5.74, 6) is 0. The van der Waals surface area contributed by atoms with Gasteiger partial charge in [0.1, 0.15) is 0 Å². The Morgan fingerprint density at radius 1 is 1.31 bits per heavy atom. The van der Waals surface area contributed by atoms with Crippen molar-refractivity contribution in [2.75, 3.05) is 18.4 Å². The molecule has 16 heavy (non-hydrogen) atoms. The summed E-state index contributed by atoms with van der Waals surface area (Å²) in [5, 5.41) is 7.80. The Hall–Kier alpha value is -0.730. The van der Waals surface area contributed by atoms with Crippen LogP contribution in [0.5, 0.6) is 0 Å². The second kappa shape index (κ2) is 5.55. The highest BCUT2D eigenvalue weighted by Gasteiger charge is 2.12. The van der Waals surface area contributed by atoms with E-state index in [4.69, 9.17) is 11.6 Å². The monoisotopic (exact) mass is 238 g/mol. The van der Waals surface area contributed by atoms with Crippen LogP contribution in [0.4, 0.5) is 5.69 Å². The van der Waals surface area contributed by atoms with E-state index in [0.717, 1.165) is 23.8 Å². The lowest BCUT2D eigenvalue weighted by Crippen LogP contribution is -2.21. The van der Waals surface area contributed by atoms with Gasteiger partial charge in [0.05, 0.1) is 10.7 Å². The number of hydrogen-bond acceptors (Lipinski definition) is 2. The lowest BCUT2D eigenvalue weighted by molar-refractivity contribution is 0.637. The molecule has 1 aromatic rings. The number of anilines is 1. The van der Waals surface area contributed by atoms with Gasteiger partial charge in [0, 0.05) is 6.04 Å². The van der Waals surface area contributed by atoms with Crippen molar-refractivity contribution in [2.24, 2.45) is 0 Å². The van der Waals surface area contributed by atoms with E-state index in [1.807, 2.05) is 12.1 Å². The molecule has 2 rings (SSSR count). The van der Waals surface area contributed by atoms with Gasteiger partial charge in [-0.25, -0.2) is 0 Å². The van der Waals surface area contributed by atoms with Crippen LogP contribution in [0.2, 0.25) is 5.02 Å². The molecular weight excluding hydrogens is 220 g/mol. The second-order valence-corrected chi connectivity index (χ2v) is 4.91. The predicted octanol–water partition coefficient (Wildman–Crippen LogP) is 3.20. The lowest BCUT2D eigenvalue weighted by Gasteiger charge is -2.18. The summed E-state index contributed by atoms with van der Waals surface area (Å²) in [4.78, 5) is 0. The second-order valence-electron chi connectivity index (χ2n) is 4.51. The van der Waals surface area contributed by atoms with E-state index in [9.17, 15) is 0 Å². The molecule has 0 aromatic heterocycles. The molecule has 1 unspecified atom stereocenters. The van der Waals surface area contributed by atoms with Crippen molar-refractivity contribution >= 4 is 17.3 Å². The molecule has 1 aliphatic rings. The van der Waals surface area contributed by atoms with E-state index in [2.05, 4.69) is 23.6 Å². The molecule has 0 spiro atoms. The highest BCUT2D eigenvalue weighted by atomic mass is 35.5. The molecule has 1 aromatic carbocycles. The number of aryl methyl sites for hydroxylation is 1. The first-order chi connectivity index (χ1) is 7.75. The summed E-state index contributed by atoms with van der Waals surface area (Å²) in [7, 11) is 0. The van der Waals surface area contributed by atoms with Crippen molar-refractivity contribution in [2.45, 2.75) is 32.2 Å². The van der Waals surface area contributed by atoms with Gasteiger partial charge in [-0.05, 0) is 57.0 Å². The van der Waals surface area contributed by atoms with E-state index < -0.39 is 0 Å². The first-order valence-electron chi connectivity index (χ1n) is 5.99. The smallest absolute Gasteiger partial charge is 0.0637 e. The zero-order chi connectivity index (χ0) is 11.4. The van der Waals surface area contributed by atoms with Gasteiger partial charge in [-0.3, -0.25) is 0 Å². The number of halogens is 1. The largest absolute Gasteiger partial charge is 0.381 e. The average Bonchev–Trinajstić information content (AvgIpc) is 2.52. The quantitative estimate of drug-likeness (QED) is 0.827. The van der Waals surface area contributed by atoms with Gasteiger partial charge in [-0.1, -0.05) is 17.7 Å². The predicted molar refractivity (Wildman–Crippen MR) is 70.3 cm³/mol. The highest BCUT2D eigenvalue weighted by molar-refractivity contribution is 6.33. The fourth-order valence-corrected chi connectivity index (χ4v) is 2.31. The van der Waals surface area contributed by atoms with Crippen molar-refractivity contribution in [1.82, 2.24) is 5.32 Å². The first-order valence-corrected chi connectivity index (χ1v) is 6.37. The summed E-state index contributed by atoms with van der Waals surface area (Å²) in [6, 6.07) is 6.69. The third-order valence-corrected chi connectivity index (χ3v) is 3.39. The zero-order valence-corrected chi connectivity index (χ0v) is 10.5. The SMILES string of the molecule is Cc1ccc(Cl)c(NC2CCCNCC2)c1. The van der Waals surface area contributed by atoms with E-state index in [1.54, 1.807) is 0 Å². The molecular formula is C13H19ClN2. The molecule has 1 atom stereocenters. The zero-order valence-electron chi connectivity index (χ0n) is 9.72. The molecule has 1 aliphatic heterocycles. The molecule has 1 heterocycles. The van der Waals surface area contributed by atoms with Crippen LogP contribution in [0, 0.1) is 6.92 Å². The van der Waals surface area contributed by atoms with Gasteiger partial charge in [0.2, 0.25) is 0 Å². The van der Waals surface area contributed by atoms with Crippen molar-refractivity contribution in [3.63, 3.8) is 0 Å². The maximum Gasteiger partial charge on any atom is 0.0637 e. The fraction of sp³-hybridized carbons (Fsp3) is 0.538. The molecule has 0 amide bonds. The average molecular weight is 239 g/mol. The summed E-state index contributed by atoms with van der Waals surface area (Å²) in [5.41, 5.74) is 2.33. The summed E-state index contributed by atoms with van der Waals surface area (Å²) in [6.45, 7) is 4.33. The molecule has 0 bridgehead atoms. The standard InChI is InChI=1S/C13H19ClN2/c1-10-4-5-12(14)13(9-10)16-11-3-2-7-15-8-6-11/h4-5,9,11,15-16H,2-3,6-8H2,1H3. The molecule has 0 saturated carbocycles. The Morgan fingerprint density at radius 2 is 2.19 bits per heavy atom. The molecule has 88 valence electrons. The summed E-state index contributed by atoms with van der Waals surface area (Å²) < 4.78 is 0. The fourth-order valence-electron chi connectivity index (χ4n) is 2.13. The van der Waals surface area contributed by atoms with Crippen molar-refractivity contribution in [3.05, 3.63) is 28.8 Å². The van der Waals surface area contributed by atoms with Crippen LogP contribution in [0.25, 0.3) is 0 Å². The number of nitrogens with one attached hydrogen (secondary N) is 2. The van der Waals surface area contributed by atoms with Gasteiger partial charge >= 0.3 is 0 Å². The first kappa shape index (κ1) is 11.7. The number of benzene rings is 1. The van der Waals surface area contributed by atoms with Crippen molar-refractivity contribution in [3.8, 4) is 0 Å². The van der Waals surface area contributed by atoms with Crippen LogP contribution in [0.1, 0.15) is 24.8 Å². The summed E-state index contributed by atoms with van der Waals surface area (Å²) >= 11 is 6.18. The van der Waals surface area contributed by atoms with E-state index in [0.29, 0.717) is 6.04 Å². The van der Waals surface area contributed by atoms with E-state index in [-0.39, 0.29) is 0 Å². The number of rotatable bonds is 2. The maximum absolute atomic E-state index is 6.18. The van der Waals surface area contributed by atoms with Crippen LogP contribution < -0.4 is 10.6 Å². The van der Waals surface area contributed by atoms with Crippen molar-refractivity contribution < 1.29 is 0 Å². The normalized spacial score (nSPS) is 21.5. The lowest BCUT2D eigenvalue weighted by atomic mass is 10.1. The van der Waals surface area contributed by atoms with Gasteiger partial charge in [-0.2, -0.15) is 0 Å². The summed E-state index contributed by atoms with van der Waals surface area (Å²) in [6.07, 6.45) is 3.63. The third-order valence-electron chi connectivity index (χ3n) is 3.06. The Morgan fingerprint density at radius 3 is 3.06 bits per heavy atom. The van der Waals surface area contributed by atoms with Crippen LogP contribution in [-0.2, 0) is 0 Å². The molecule has 0 aliphatic carbocycles. The molecule has 2 nitrogen and oxygen atoms in total. The minimum absolute atomic E-state index is 0.550. The minimum Gasteiger partial charge on any atom is -0.381 e. The minimum atomic E-state index is 0.550. The molecule has 0 radical (unpaired) electrons. The maximum atomic E-state index is 6.18. The Labute approximate surface area is 102 Å². The molecule has 1 saturated heterocycles. The van der Waals surface area contributed by atoms with Crippen molar-refractivity contribution in [1.29, 1.82) is 0 Å². The Bertz CT molecular complexity index is 344. The molecule has 1 fully saturated rings. The van der Waals surface area contributed by atoms with Gasteiger partial charge < -0.3 is 10.6 Å². The Balaban J connectivity index is 2.04. The van der Waals surface area contributed by atoms with Gasteiger partial charge in [0.25, 0.3) is 0 Å². The Kier molecular flexibility index (Phi) is 4.08. The van der Waals surface area contributed by atoms with E-state index >= 15 is 0 Å². The molecule has 2 N–H and O–H groups in total. The number of hydrogen-bond donors (Lipinski definition) is 2. The third kappa shape index (κ3) is 3.13. The van der Waals surface area contributed by atoms with Crippen LogP contribution in [0.3, 0.4) is 0 Å². The highest BCUT2D eigenvalue weighted by Crippen LogP contribution is 2.25. The van der Waals surface area contributed by atoms with Crippen LogP contribution >= 0.6 is 11.6 Å². The van der Waals surface area contributed by atoms with Crippen LogP contribution in [-0.4, -0.2) is 19.1 Å². The topological polar surface area (TPSA) is 24.1 Å². The van der Waals surface area contributed by atoms with Gasteiger partial charge in [-0.15, -0.1) is 0 Å². The van der Waals surface area contributed by atoms with Crippen LogP contribution in [0.15, 0.2) is 18.2 Å². The van der Waals surface area contributed by atoms with Gasteiger partial charge in [0.15, 0.2) is 0 Å².